The molecule has 20 heavy (non-hydrogen) atoms. The second-order valence-electron chi connectivity index (χ2n) is 4.25. The van der Waals surface area contributed by atoms with E-state index in [1.807, 2.05) is 0 Å². The lowest BCUT2D eigenvalue weighted by Crippen LogP contribution is -2.33. The summed E-state index contributed by atoms with van der Waals surface area (Å²) in [5.41, 5.74) is 1.21. The van der Waals surface area contributed by atoms with Crippen molar-refractivity contribution in [3.63, 3.8) is 0 Å². The van der Waals surface area contributed by atoms with Crippen LogP contribution in [0.15, 0.2) is 18.5 Å². The summed E-state index contributed by atoms with van der Waals surface area (Å²) in [4.78, 5) is 18.8. The maximum Gasteiger partial charge on any atom is 0.253 e. The van der Waals surface area contributed by atoms with Gasteiger partial charge in [-0.1, -0.05) is 0 Å². The summed E-state index contributed by atoms with van der Waals surface area (Å²) in [7, 11) is 1.63. The van der Waals surface area contributed by atoms with Crippen LogP contribution in [-0.4, -0.2) is 49.2 Å². The smallest absolute Gasteiger partial charge is 0.253 e. The highest BCUT2D eigenvalue weighted by molar-refractivity contribution is 6.04. The molecule has 0 radical (unpaired) electrons. The van der Waals surface area contributed by atoms with Crippen LogP contribution in [0.3, 0.4) is 0 Å². The number of rotatable bonds is 7. The molecule has 0 aliphatic carbocycles. The van der Waals surface area contributed by atoms with E-state index in [1.54, 1.807) is 7.11 Å². The molecule has 0 aliphatic rings. The van der Waals surface area contributed by atoms with E-state index in [0.717, 1.165) is 6.54 Å². The number of methoxy groups -OCH3 is 1. The molecule has 6 nitrogen and oxygen atoms in total. The number of carbonyl (C=O) groups excluding carboxylic acids is 1. The quantitative estimate of drug-likeness (QED) is 0.651. The summed E-state index contributed by atoms with van der Waals surface area (Å²) >= 11 is 0. The third-order valence-corrected chi connectivity index (χ3v) is 2.80. The van der Waals surface area contributed by atoms with E-state index in [-0.39, 0.29) is 11.5 Å². The van der Waals surface area contributed by atoms with Crippen molar-refractivity contribution in [3.05, 3.63) is 29.8 Å². The van der Waals surface area contributed by atoms with E-state index in [9.17, 15) is 9.18 Å². The van der Waals surface area contributed by atoms with Crippen molar-refractivity contribution < 1.29 is 13.9 Å². The van der Waals surface area contributed by atoms with E-state index < -0.39 is 5.82 Å². The Morgan fingerprint density at radius 1 is 1.40 bits per heavy atom. The number of fused-ring (bicyclic) bond motifs is 1. The first-order valence-electron chi connectivity index (χ1n) is 6.33. The maximum atomic E-state index is 13.4. The van der Waals surface area contributed by atoms with Crippen LogP contribution in [0.2, 0.25) is 0 Å². The molecule has 1 aromatic heterocycles. The monoisotopic (exact) mass is 280 g/mol. The van der Waals surface area contributed by atoms with Crippen molar-refractivity contribution in [1.29, 1.82) is 0 Å². The van der Waals surface area contributed by atoms with Gasteiger partial charge in [0.25, 0.3) is 5.91 Å². The molecule has 0 bridgehead atoms. The predicted molar refractivity (Wildman–Crippen MR) is 73.1 cm³/mol. The number of amides is 1. The number of halogens is 1. The summed E-state index contributed by atoms with van der Waals surface area (Å²) < 4.78 is 18.3. The fourth-order valence-corrected chi connectivity index (χ4v) is 1.85. The molecule has 2 aromatic rings. The molecular formula is C13H17FN4O2. The van der Waals surface area contributed by atoms with Gasteiger partial charge in [-0.2, -0.15) is 0 Å². The third kappa shape index (κ3) is 3.52. The summed E-state index contributed by atoms with van der Waals surface area (Å²) in [5, 5.41) is 5.82. The van der Waals surface area contributed by atoms with Gasteiger partial charge in [0.1, 0.15) is 11.3 Å². The van der Waals surface area contributed by atoms with Crippen molar-refractivity contribution in [2.45, 2.75) is 0 Å². The average molecular weight is 280 g/mol. The van der Waals surface area contributed by atoms with Gasteiger partial charge in [0, 0.05) is 26.7 Å². The van der Waals surface area contributed by atoms with Gasteiger partial charge in [-0.25, -0.2) is 9.37 Å². The SMILES string of the molecule is COCCNCCNC(=O)c1cc(F)cc2[nH]cnc12. The van der Waals surface area contributed by atoms with Crippen LogP contribution in [0.5, 0.6) is 0 Å². The molecule has 0 saturated heterocycles. The summed E-state index contributed by atoms with van der Waals surface area (Å²) in [6, 6.07) is 2.50. The number of aromatic nitrogens is 2. The van der Waals surface area contributed by atoms with Gasteiger partial charge >= 0.3 is 0 Å². The molecule has 0 saturated carbocycles. The van der Waals surface area contributed by atoms with Crippen molar-refractivity contribution >= 4 is 16.9 Å². The summed E-state index contributed by atoms with van der Waals surface area (Å²) in [5.74, 6) is -0.805. The lowest BCUT2D eigenvalue weighted by Gasteiger charge is -2.07. The van der Waals surface area contributed by atoms with Crippen LogP contribution in [0.4, 0.5) is 4.39 Å². The zero-order valence-electron chi connectivity index (χ0n) is 11.2. The summed E-state index contributed by atoms with van der Waals surface area (Å²) in [6.45, 7) is 2.40. The number of carbonyl (C=O) groups is 1. The van der Waals surface area contributed by atoms with Gasteiger partial charge in [0.2, 0.25) is 0 Å². The standard InChI is InChI=1S/C13H17FN4O2/c1-20-5-4-15-2-3-16-13(19)10-6-9(14)7-11-12(10)18-8-17-11/h6-8,15H,2-5H2,1H3,(H,16,19)(H,17,18). The Kier molecular flexibility index (Phi) is 5.03. The molecule has 1 aromatic carbocycles. The van der Waals surface area contributed by atoms with Crippen LogP contribution in [-0.2, 0) is 4.74 Å². The molecule has 108 valence electrons. The highest BCUT2D eigenvalue weighted by atomic mass is 19.1. The molecule has 1 amide bonds. The van der Waals surface area contributed by atoms with Gasteiger partial charge in [0.15, 0.2) is 0 Å². The molecule has 2 rings (SSSR count). The Balaban J connectivity index is 1.92. The minimum atomic E-state index is -0.467. The first kappa shape index (κ1) is 14.4. The molecule has 0 spiro atoms. The number of H-pyrrole nitrogens is 1. The number of benzene rings is 1. The Labute approximate surface area is 115 Å². The third-order valence-electron chi connectivity index (χ3n) is 2.80. The molecular weight excluding hydrogens is 263 g/mol. The number of ether oxygens (including phenoxy) is 1. The zero-order valence-corrected chi connectivity index (χ0v) is 11.2. The van der Waals surface area contributed by atoms with Crippen molar-refractivity contribution in [2.75, 3.05) is 33.4 Å². The van der Waals surface area contributed by atoms with Crippen molar-refractivity contribution in [1.82, 2.24) is 20.6 Å². The van der Waals surface area contributed by atoms with Crippen molar-refractivity contribution in [3.8, 4) is 0 Å². The fourth-order valence-electron chi connectivity index (χ4n) is 1.85. The largest absolute Gasteiger partial charge is 0.383 e. The lowest BCUT2D eigenvalue weighted by molar-refractivity contribution is 0.0954. The predicted octanol–water partition coefficient (Wildman–Crippen LogP) is 0.668. The van der Waals surface area contributed by atoms with Crippen molar-refractivity contribution in [2.24, 2.45) is 0 Å². The fraction of sp³-hybridized carbons (Fsp3) is 0.385. The van der Waals surface area contributed by atoms with E-state index in [1.165, 1.54) is 18.5 Å². The number of imidazole rings is 1. The Morgan fingerprint density at radius 2 is 2.25 bits per heavy atom. The van der Waals surface area contributed by atoms with Gasteiger partial charge < -0.3 is 20.4 Å². The first-order chi connectivity index (χ1) is 9.72. The number of aromatic amines is 1. The topological polar surface area (TPSA) is 79.0 Å². The molecule has 0 unspecified atom stereocenters. The number of nitrogens with zero attached hydrogens (tertiary/aromatic N) is 1. The molecule has 0 aliphatic heterocycles. The normalized spacial score (nSPS) is 10.9. The molecule has 0 fully saturated rings. The Hall–Kier alpha value is -1.99. The molecule has 1 heterocycles. The molecule has 3 N–H and O–H groups in total. The van der Waals surface area contributed by atoms with E-state index in [4.69, 9.17) is 4.74 Å². The molecule has 7 heteroatoms. The van der Waals surface area contributed by atoms with E-state index in [0.29, 0.717) is 30.7 Å². The first-order valence-corrected chi connectivity index (χ1v) is 6.33. The highest BCUT2D eigenvalue weighted by Crippen LogP contribution is 2.16. The average Bonchev–Trinajstić information content (AvgIpc) is 2.89. The second-order valence-corrected chi connectivity index (χ2v) is 4.25. The van der Waals surface area contributed by atoms with Crippen LogP contribution >= 0.6 is 0 Å². The number of hydrogen-bond donors (Lipinski definition) is 3. The Bertz CT molecular complexity index is 585. The number of hydrogen-bond acceptors (Lipinski definition) is 4. The van der Waals surface area contributed by atoms with E-state index >= 15 is 0 Å². The van der Waals surface area contributed by atoms with Crippen LogP contribution in [0, 0.1) is 5.82 Å². The zero-order chi connectivity index (χ0) is 14.4. The maximum absolute atomic E-state index is 13.4. The minimum Gasteiger partial charge on any atom is -0.383 e. The van der Waals surface area contributed by atoms with Gasteiger partial charge in [-0.15, -0.1) is 0 Å². The van der Waals surface area contributed by atoms with Gasteiger partial charge in [-0.3, -0.25) is 4.79 Å². The van der Waals surface area contributed by atoms with Gasteiger partial charge in [0.05, 0.1) is 24.0 Å². The van der Waals surface area contributed by atoms with Crippen LogP contribution in [0.25, 0.3) is 11.0 Å². The highest BCUT2D eigenvalue weighted by Gasteiger charge is 2.13. The van der Waals surface area contributed by atoms with E-state index in [2.05, 4.69) is 20.6 Å². The summed E-state index contributed by atoms with van der Waals surface area (Å²) in [6.07, 6.45) is 1.44. The second kappa shape index (κ2) is 6.97. The number of nitrogens with one attached hydrogen (secondary N) is 3. The lowest BCUT2D eigenvalue weighted by atomic mass is 10.1. The minimum absolute atomic E-state index is 0.234. The Morgan fingerprint density at radius 3 is 3.05 bits per heavy atom. The van der Waals surface area contributed by atoms with Gasteiger partial charge in [-0.05, 0) is 12.1 Å². The van der Waals surface area contributed by atoms with Crippen LogP contribution in [0.1, 0.15) is 10.4 Å². The molecule has 0 atom stereocenters. The van der Waals surface area contributed by atoms with Crippen LogP contribution < -0.4 is 10.6 Å².